The van der Waals surface area contributed by atoms with Gasteiger partial charge < -0.3 is 4.98 Å². The Hall–Kier alpha value is -1.30. The summed E-state index contributed by atoms with van der Waals surface area (Å²) in [7, 11) is 0. The number of aromatic amines is 1. The molecule has 0 bridgehead atoms. The smallest absolute Gasteiger partial charge is 0.195 e. The van der Waals surface area contributed by atoms with Gasteiger partial charge in [0.2, 0.25) is 0 Å². The van der Waals surface area contributed by atoms with E-state index in [1.807, 2.05) is 0 Å². The maximum Gasteiger partial charge on any atom is 0.195 e. The highest BCUT2D eigenvalue weighted by atomic mass is 35.5. The van der Waals surface area contributed by atoms with E-state index in [9.17, 15) is 0 Å². The first-order chi connectivity index (χ1) is 8.72. The average Bonchev–Trinajstić information content (AvgIpc) is 2.72. The quantitative estimate of drug-likeness (QED) is 0.731. The molecular weight excluding hydrogens is 291 g/mol. The second-order valence-corrected chi connectivity index (χ2v) is 5.23. The van der Waals surface area contributed by atoms with Gasteiger partial charge in [-0.2, -0.15) is 0 Å². The van der Waals surface area contributed by atoms with Crippen LogP contribution in [0.4, 0.5) is 0 Å². The van der Waals surface area contributed by atoms with E-state index in [1.54, 1.807) is 30.6 Å². The summed E-state index contributed by atoms with van der Waals surface area (Å²) in [5, 5.41) is 2.33. The number of imidazole rings is 1. The van der Waals surface area contributed by atoms with Crippen molar-refractivity contribution >= 4 is 46.0 Å². The van der Waals surface area contributed by atoms with E-state index in [0.717, 1.165) is 11.0 Å². The zero-order valence-corrected chi connectivity index (χ0v) is 11.2. The van der Waals surface area contributed by atoms with Crippen molar-refractivity contribution in [1.82, 2.24) is 19.9 Å². The normalized spacial score (nSPS) is 11.0. The lowest BCUT2D eigenvalue weighted by molar-refractivity contribution is 0.953. The van der Waals surface area contributed by atoms with Gasteiger partial charge in [0.1, 0.15) is 0 Å². The standard InChI is InChI=1S/C11H6Cl2N4S/c12-6-4-8-9(5-7(6)13)17-11(16-8)18-10-14-2-1-3-15-10/h1-5H,(H,16,17). The van der Waals surface area contributed by atoms with Crippen LogP contribution in [0.15, 0.2) is 40.9 Å². The number of nitrogens with one attached hydrogen (secondary N) is 1. The molecule has 18 heavy (non-hydrogen) atoms. The van der Waals surface area contributed by atoms with Crippen molar-refractivity contribution in [2.75, 3.05) is 0 Å². The van der Waals surface area contributed by atoms with Crippen LogP contribution in [0, 0.1) is 0 Å². The van der Waals surface area contributed by atoms with Crippen LogP contribution in [-0.2, 0) is 0 Å². The number of nitrogens with zero attached hydrogens (tertiary/aromatic N) is 3. The predicted molar refractivity (Wildman–Crippen MR) is 72.3 cm³/mol. The molecule has 4 nitrogen and oxygen atoms in total. The summed E-state index contributed by atoms with van der Waals surface area (Å²) in [4.78, 5) is 15.8. The third-order valence-electron chi connectivity index (χ3n) is 2.23. The highest BCUT2D eigenvalue weighted by molar-refractivity contribution is 7.99. The van der Waals surface area contributed by atoms with E-state index in [1.165, 1.54) is 11.8 Å². The molecule has 0 aliphatic heterocycles. The van der Waals surface area contributed by atoms with Gasteiger partial charge in [-0.25, -0.2) is 15.0 Å². The zero-order valence-electron chi connectivity index (χ0n) is 8.89. The summed E-state index contributed by atoms with van der Waals surface area (Å²) < 4.78 is 0. The van der Waals surface area contributed by atoms with Crippen LogP contribution < -0.4 is 0 Å². The molecule has 0 unspecified atom stereocenters. The Morgan fingerprint density at radius 3 is 2.56 bits per heavy atom. The van der Waals surface area contributed by atoms with Crippen LogP contribution in [-0.4, -0.2) is 19.9 Å². The van der Waals surface area contributed by atoms with Gasteiger partial charge in [-0.15, -0.1) is 0 Å². The summed E-state index contributed by atoms with van der Waals surface area (Å²) >= 11 is 13.2. The number of fused-ring (bicyclic) bond motifs is 1. The van der Waals surface area contributed by atoms with E-state index >= 15 is 0 Å². The number of hydrogen-bond acceptors (Lipinski definition) is 4. The third-order valence-corrected chi connectivity index (χ3v) is 3.73. The van der Waals surface area contributed by atoms with Crippen LogP contribution in [0.3, 0.4) is 0 Å². The molecule has 1 aromatic carbocycles. The summed E-state index contributed by atoms with van der Waals surface area (Å²) in [6, 6.07) is 5.25. The molecule has 1 N–H and O–H groups in total. The second-order valence-electron chi connectivity index (χ2n) is 3.46. The number of rotatable bonds is 2. The fourth-order valence-corrected chi connectivity index (χ4v) is 2.48. The van der Waals surface area contributed by atoms with E-state index in [4.69, 9.17) is 23.2 Å². The summed E-state index contributed by atoms with van der Waals surface area (Å²) in [6.07, 6.45) is 3.37. The molecule has 0 atom stereocenters. The highest BCUT2D eigenvalue weighted by Gasteiger charge is 2.08. The fourth-order valence-electron chi connectivity index (χ4n) is 1.45. The van der Waals surface area contributed by atoms with Gasteiger partial charge in [-0.3, -0.25) is 0 Å². The minimum atomic E-state index is 0.489. The molecule has 0 saturated carbocycles. The molecule has 0 aliphatic rings. The molecule has 0 fully saturated rings. The van der Waals surface area contributed by atoms with Crippen molar-refractivity contribution in [3.63, 3.8) is 0 Å². The molecule has 3 rings (SSSR count). The van der Waals surface area contributed by atoms with Crippen molar-refractivity contribution in [2.45, 2.75) is 10.3 Å². The monoisotopic (exact) mass is 296 g/mol. The number of aromatic nitrogens is 4. The average molecular weight is 297 g/mol. The van der Waals surface area contributed by atoms with Crippen molar-refractivity contribution < 1.29 is 0 Å². The lowest BCUT2D eigenvalue weighted by Gasteiger charge is -1.93. The molecule has 3 aromatic rings. The van der Waals surface area contributed by atoms with Crippen LogP contribution in [0.2, 0.25) is 10.0 Å². The first-order valence-electron chi connectivity index (χ1n) is 5.02. The van der Waals surface area contributed by atoms with Gasteiger partial charge in [-0.05, 0) is 30.0 Å². The Kier molecular flexibility index (Phi) is 3.11. The molecule has 0 spiro atoms. The first-order valence-corrected chi connectivity index (χ1v) is 6.59. The molecule has 7 heteroatoms. The topological polar surface area (TPSA) is 54.5 Å². The lowest BCUT2D eigenvalue weighted by Crippen LogP contribution is -1.83. The molecule has 2 aromatic heterocycles. The Morgan fingerprint density at radius 2 is 1.78 bits per heavy atom. The van der Waals surface area contributed by atoms with Crippen LogP contribution in [0.1, 0.15) is 0 Å². The van der Waals surface area contributed by atoms with Crippen molar-refractivity contribution in [1.29, 1.82) is 0 Å². The SMILES string of the molecule is Clc1cc2nc(Sc3ncccn3)[nH]c2cc1Cl. The van der Waals surface area contributed by atoms with Gasteiger partial charge >= 0.3 is 0 Å². The van der Waals surface area contributed by atoms with Gasteiger partial charge in [0, 0.05) is 12.4 Å². The summed E-state index contributed by atoms with van der Waals surface area (Å²) in [5.74, 6) is 0. The van der Waals surface area contributed by atoms with Crippen LogP contribution in [0.5, 0.6) is 0 Å². The third kappa shape index (κ3) is 2.29. The van der Waals surface area contributed by atoms with Crippen molar-refractivity contribution in [3.05, 3.63) is 40.6 Å². The number of benzene rings is 1. The molecule has 0 radical (unpaired) electrons. The Labute approximate surface area is 117 Å². The maximum atomic E-state index is 5.95. The Balaban J connectivity index is 1.99. The minimum Gasteiger partial charge on any atom is -0.332 e. The molecule has 2 heterocycles. The summed E-state index contributed by atoms with van der Waals surface area (Å²) in [6.45, 7) is 0. The van der Waals surface area contributed by atoms with E-state index in [-0.39, 0.29) is 0 Å². The predicted octanol–water partition coefficient (Wildman–Crippen LogP) is 3.81. The van der Waals surface area contributed by atoms with Crippen molar-refractivity contribution in [2.24, 2.45) is 0 Å². The maximum absolute atomic E-state index is 5.95. The lowest BCUT2D eigenvalue weighted by atomic mass is 10.3. The summed E-state index contributed by atoms with van der Waals surface area (Å²) in [5.41, 5.74) is 1.60. The van der Waals surface area contributed by atoms with E-state index in [2.05, 4.69) is 19.9 Å². The fraction of sp³-hybridized carbons (Fsp3) is 0. The van der Waals surface area contributed by atoms with Crippen LogP contribution >= 0.6 is 35.0 Å². The number of H-pyrrole nitrogens is 1. The molecule has 0 saturated heterocycles. The largest absolute Gasteiger partial charge is 0.332 e. The second kappa shape index (κ2) is 4.76. The Bertz CT molecular complexity index is 660. The van der Waals surface area contributed by atoms with Gasteiger partial charge in [-0.1, -0.05) is 23.2 Å². The van der Waals surface area contributed by atoms with Gasteiger partial charge in [0.25, 0.3) is 0 Å². The van der Waals surface area contributed by atoms with Gasteiger partial charge in [0.05, 0.1) is 21.1 Å². The molecule has 0 amide bonds. The van der Waals surface area contributed by atoms with E-state index < -0.39 is 0 Å². The molecular formula is C11H6Cl2N4S. The number of halogens is 2. The first kappa shape index (κ1) is 11.8. The molecule has 90 valence electrons. The number of hydrogen-bond donors (Lipinski definition) is 1. The van der Waals surface area contributed by atoms with Gasteiger partial charge in [0.15, 0.2) is 10.3 Å². The van der Waals surface area contributed by atoms with E-state index in [0.29, 0.717) is 20.4 Å². The highest BCUT2D eigenvalue weighted by Crippen LogP contribution is 2.29. The van der Waals surface area contributed by atoms with Crippen LogP contribution in [0.25, 0.3) is 11.0 Å². The van der Waals surface area contributed by atoms with Crippen molar-refractivity contribution in [3.8, 4) is 0 Å². The zero-order chi connectivity index (χ0) is 12.5. The minimum absolute atomic E-state index is 0.489. The Morgan fingerprint density at radius 1 is 1.06 bits per heavy atom. The molecule has 0 aliphatic carbocycles.